The van der Waals surface area contributed by atoms with E-state index in [1.54, 1.807) is 6.08 Å². The summed E-state index contributed by atoms with van der Waals surface area (Å²) in [5, 5.41) is 9.00. The fraction of sp³-hybridized carbons (Fsp3) is 0.286. The van der Waals surface area contributed by atoms with E-state index >= 15 is 0 Å². The zero-order valence-electron chi connectivity index (χ0n) is 9.95. The van der Waals surface area contributed by atoms with Gasteiger partial charge in [0.15, 0.2) is 0 Å². The van der Waals surface area contributed by atoms with Gasteiger partial charge in [-0.05, 0) is 24.5 Å². The summed E-state index contributed by atoms with van der Waals surface area (Å²) in [6.45, 7) is 0.523. The molecule has 94 valence electrons. The van der Waals surface area contributed by atoms with Gasteiger partial charge in [-0.25, -0.2) is 4.79 Å². The fourth-order valence-electron chi connectivity index (χ4n) is 2.11. The van der Waals surface area contributed by atoms with E-state index in [1.165, 1.54) is 11.0 Å². The van der Waals surface area contributed by atoms with Gasteiger partial charge >= 0.3 is 5.97 Å². The van der Waals surface area contributed by atoms with Gasteiger partial charge in [-0.1, -0.05) is 30.3 Å². The summed E-state index contributed by atoms with van der Waals surface area (Å²) >= 11 is 0. The Hall–Kier alpha value is -2.10. The first-order valence-electron chi connectivity index (χ1n) is 5.95. The van der Waals surface area contributed by atoms with Crippen molar-refractivity contribution < 1.29 is 14.7 Å². The lowest BCUT2D eigenvalue weighted by Gasteiger charge is -2.19. The van der Waals surface area contributed by atoms with E-state index in [2.05, 4.69) is 0 Å². The highest BCUT2D eigenvalue weighted by Gasteiger charge is 2.32. The number of hydrogen-bond donors (Lipinski definition) is 1. The second-order valence-electron chi connectivity index (χ2n) is 4.27. The summed E-state index contributed by atoms with van der Waals surface area (Å²) in [5.41, 5.74) is 0.928. The number of carbonyl (C=O) groups excluding carboxylic acids is 1. The summed E-state index contributed by atoms with van der Waals surface area (Å²) in [5.74, 6) is -1.15. The molecule has 1 aliphatic rings. The van der Waals surface area contributed by atoms with E-state index in [0.717, 1.165) is 12.0 Å². The minimum absolute atomic E-state index is 0.233. The zero-order chi connectivity index (χ0) is 13.0. The molecule has 1 aliphatic heterocycles. The number of benzene rings is 1. The van der Waals surface area contributed by atoms with Gasteiger partial charge in [0.1, 0.15) is 6.04 Å². The Balaban J connectivity index is 2.04. The van der Waals surface area contributed by atoms with Gasteiger partial charge in [0.25, 0.3) is 0 Å². The Morgan fingerprint density at radius 2 is 2.00 bits per heavy atom. The predicted molar refractivity (Wildman–Crippen MR) is 67.8 cm³/mol. The number of amides is 1. The van der Waals surface area contributed by atoms with Crippen molar-refractivity contribution in [1.82, 2.24) is 4.90 Å². The first-order valence-corrected chi connectivity index (χ1v) is 5.95. The van der Waals surface area contributed by atoms with E-state index in [9.17, 15) is 9.59 Å². The van der Waals surface area contributed by atoms with E-state index in [1.807, 2.05) is 30.3 Å². The predicted octanol–water partition coefficient (Wildman–Crippen LogP) is 1.78. The van der Waals surface area contributed by atoms with Crippen LogP contribution in [0.1, 0.15) is 18.4 Å². The number of carbonyl (C=O) groups is 2. The van der Waals surface area contributed by atoms with Crippen LogP contribution in [0.15, 0.2) is 36.4 Å². The van der Waals surface area contributed by atoms with Gasteiger partial charge in [0, 0.05) is 12.6 Å². The molecule has 4 heteroatoms. The Kier molecular flexibility index (Phi) is 3.77. The van der Waals surface area contributed by atoms with Crippen LogP contribution < -0.4 is 0 Å². The maximum atomic E-state index is 11.9. The lowest BCUT2D eigenvalue weighted by molar-refractivity contribution is -0.146. The van der Waals surface area contributed by atoms with Crippen molar-refractivity contribution in [2.45, 2.75) is 18.9 Å². The van der Waals surface area contributed by atoms with Crippen LogP contribution in [0.4, 0.5) is 0 Å². The lowest BCUT2D eigenvalue weighted by Crippen LogP contribution is -2.39. The van der Waals surface area contributed by atoms with Crippen LogP contribution in [0.3, 0.4) is 0 Å². The molecule has 1 amide bonds. The average Bonchev–Trinajstić information content (AvgIpc) is 2.86. The highest BCUT2D eigenvalue weighted by atomic mass is 16.4. The first kappa shape index (κ1) is 12.4. The lowest BCUT2D eigenvalue weighted by atomic mass is 10.2. The highest BCUT2D eigenvalue weighted by Crippen LogP contribution is 2.18. The number of nitrogens with zero attached hydrogens (tertiary/aromatic N) is 1. The van der Waals surface area contributed by atoms with Crippen LogP contribution in [0.25, 0.3) is 6.08 Å². The normalized spacial score (nSPS) is 19.3. The molecular formula is C14H15NO3. The van der Waals surface area contributed by atoms with Crippen LogP contribution in [0.2, 0.25) is 0 Å². The SMILES string of the molecule is O=C(O)[C@H]1CCCN1C(=O)/C=C/c1ccccc1. The van der Waals surface area contributed by atoms with Crippen LogP contribution in [0, 0.1) is 0 Å². The van der Waals surface area contributed by atoms with Crippen molar-refractivity contribution in [3.63, 3.8) is 0 Å². The molecule has 1 aromatic rings. The summed E-state index contributed by atoms with van der Waals surface area (Å²) in [7, 11) is 0. The van der Waals surface area contributed by atoms with Crippen molar-refractivity contribution in [2.24, 2.45) is 0 Å². The molecule has 0 aliphatic carbocycles. The zero-order valence-corrected chi connectivity index (χ0v) is 9.95. The molecule has 1 fully saturated rings. The number of aliphatic carboxylic acids is 1. The smallest absolute Gasteiger partial charge is 0.326 e. The Bertz CT molecular complexity index is 467. The van der Waals surface area contributed by atoms with Crippen LogP contribution in [-0.4, -0.2) is 34.5 Å². The molecular weight excluding hydrogens is 230 g/mol. The topological polar surface area (TPSA) is 57.6 Å². The van der Waals surface area contributed by atoms with E-state index in [4.69, 9.17) is 5.11 Å². The third kappa shape index (κ3) is 2.77. The number of carboxylic acids is 1. The van der Waals surface area contributed by atoms with Crippen molar-refractivity contribution in [1.29, 1.82) is 0 Å². The van der Waals surface area contributed by atoms with Gasteiger partial charge < -0.3 is 10.0 Å². The number of hydrogen-bond acceptors (Lipinski definition) is 2. The quantitative estimate of drug-likeness (QED) is 0.826. The Morgan fingerprint density at radius 3 is 2.67 bits per heavy atom. The molecule has 1 atom stereocenters. The Morgan fingerprint density at radius 1 is 1.28 bits per heavy atom. The molecule has 1 heterocycles. The highest BCUT2D eigenvalue weighted by molar-refractivity contribution is 5.94. The second-order valence-corrected chi connectivity index (χ2v) is 4.27. The Labute approximate surface area is 106 Å². The van der Waals surface area contributed by atoms with Crippen molar-refractivity contribution in [2.75, 3.05) is 6.54 Å². The van der Waals surface area contributed by atoms with Gasteiger partial charge in [-0.3, -0.25) is 4.79 Å². The molecule has 0 bridgehead atoms. The number of rotatable bonds is 3. The van der Waals surface area contributed by atoms with Crippen LogP contribution in [0.5, 0.6) is 0 Å². The summed E-state index contributed by atoms with van der Waals surface area (Å²) < 4.78 is 0. The third-order valence-electron chi connectivity index (χ3n) is 3.04. The monoisotopic (exact) mass is 245 g/mol. The number of likely N-dealkylation sites (tertiary alicyclic amines) is 1. The molecule has 1 aromatic carbocycles. The van der Waals surface area contributed by atoms with Gasteiger partial charge in [-0.15, -0.1) is 0 Å². The average molecular weight is 245 g/mol. The molecule has 18 heavy (non-hydrogen) atoms. The summed E-state index contributed by atoms with van der Waals surface area (Å²) in [6, 6.07) is 8.79. The molecule has 0 spiro atoms. The minimum Gasteiger partial charge on any atom is -0.480 e. The maximum Gasteiger partial charge on any atom is 0.326 e. The maximum absolute atomic E-state index is 11.9. The van der Waals surface area contributed by atoms with Crippen molar-refractivity contribution in [3.8, 4) is 0 Å². The summed E-state index contributed by atoms with van der Waals surface area (Å²) in [6.07, 6.45) is 4.44. The van der Waals surface area contributed by atoms with Crippen molar-refractivity contribution in [3.05, 3.63) is 42.0 Å². The molecule has 1 N–H and O–H groups in total. The van der Waals surface area contributed by atoms with Gasteiger partial charge in [-0.2, -0.15) is 0 Å². The number of carboxylic acid groups (broad SMARTS) is 1. The van der Waals surface area contributed by atoms with Crippen LogP contribution >= 0.6 is 0 Å². The van der Waals surface area contributed by atoms with E-state index in [-0.39, 0.29) is 5.91 Å². The fourth-order valence-corrected chi connectivity index (χ4v) is 2.11. The van der Waals surface area contributed by atoms with Gasteiger partial charge in [0.05, 0.1) is 0 Å². The molecule has 0 aromatic heterocycles. The molecule has 1 saturated heterocycles. The molecule has 0 unspecified atom stereocenters. The van der Waals surface area contributed by atoms with Crippen molar-refractivity contribution >= 4 is 18.0 Å². The minimum atomic E-state index is -0.922. The third-order valence-corrected chi connectivity index (χ3v) is 3.04. The standard InChI is InChI=1S/C14H15NO3/c16-13(9-8-11-5-2-1-3-6-11)15-10-4-7-12(15)14(17)18/h1-3,5-6,8-9,12H,4,7,10H2,(H,17,18)/b9-8+/t12-/m1/s1. The summed E-state index contributed by atoms with van der Waals surface area (Å²) in [4.78, 5) is 24.3. The van der Waals surface area contributed by atoms with Gasteiger partial charge in [0.2, 0.25) is 5.91 Å². The van der Waals surface area contributed by atoms with E-state index < -0.39 is 12.0 Å². The molecule has 2 rings (SSSR count). The van der Waals surface area contributed by atoms with E-state index in [0.29, 0.717) is 13.0 Å². The largest absolute Gasteiger partial charge is 0.480 e. The first-order chi connectivity index (χ1) is 8.68. The molecule has 4 nitrogen and oxygen atoms in total. The molecule has 0 radical (unpaired) electrons. The van der Waals surface area contributed by atoms with Crippen LogP contribution in [-0.2, 0) is 9.59 Å². The molecule has 0 saturated carbocycles. The second kappa shape index (κ2) is 5.49.